The van der Waals surface area contributed by atoms with Crippen molar-refractivity contribution < 1.29 is 23.1 Å². The molecule has 1 aromatic carbocycles. The number of benzene rings is 1. The highest BCUT2D eigenvalue weighted by atomic mass is 35.5. The van der Waals surface area contributed by atoms with E-state index in [2.05, 4.69) is 11.1 Å². The summed E-state index contributed by atoms with van der Waals surface area (Å²) in [5.74, 6) is 1.33. The smallest absolute Gasteiger partial charge is 0.238 e. The monoisotopic (exact) mass is 408 g/mol. The first-order valence-corrected chi connectivity index (χ1v) is 8.75. The van der Waals surface area contributed by atoms with Gasteiger partial charge in [-0.1, -0.05) is 11.6 Å². The standard InChI is InChI=1S/C21H13ClN2O5/c1-26-17-9-12(8-14(22)19(17)25)11-24-21-13(10-23)18(15-4-2-6-27-15)20(29-21)16-5-3-7-28-16/h2-9,11,25H,1H3. The zero-order chi connectivity index (χ0) is 20.4. The van der Waals surface area contributed by atoms with Crippen LogP contribution in [0.5, 0.6) is 11.5 Å². The third-order valence-electron chi connectivity index (χ3n) is 4.12. The molecule has 0 aliphatic rings. The number of aliphatic imine (C=N–C) groups is 1. The number of aromatic hydroxyl groups is 1. The van der Waals surface area contributed by atoms with Crippen LogP contribution >= 0.6 is 11.6 Å². The molecule has 29 heavy (non-hydrogen) atoms. The normalized spacial score (nSPS) is 11.1. The summed E-state index contributed by atoms with van der Waals surface area (Å²) in [4.78, 5) is 4.30. The Hall–Kier alpha value is -3.89. The van der Waals surface area contributed by atoms with Crippen molar-refractivity contribution in [2.45, 2.75) is 0 Å². The molecule has 0 saturated carbocycles. The van der Waals surface area contributed by atoms with Gasteiger partial charge in [-0.2, -0.15) is 5.26 Å². The average molecular weight is 409 g/mol. The van der Waals surface area contributed by atoms with Crippen LogP contribution in [0.4, 0.5) is 5.88 Å². The number of hydrogen-bond donors (Lipinski definition) is 1. The number of nitriles is 1. The van der Waals surface area contributed by atoms with Crippen LogP contribution in [0, 0.1) is 11.3 Å². The van der Waals surface area contributed by atoms with Gasteiger partial charge in [0.05, 0.1) is 30.2 Å². The Kier molecular flexibility index (Phi) is 4.85. The zero-order valence-electron chi connectivity index (χ0n) is 15.0. The fourth-order valence-corrected chi connectivity index (χ4v) is 3.03. The van der Waals surface area contributed by atoms with Gasteiger partial charge >= 0.3 is 0 Å². The van der Waals surface area contributed by atoms with Gasteiger partial charge in [0.15, 0.2) is 23.0 Å². The number of rotatable bonds is 5. The Labute approximate surface area is 170 Å². The number of methoxy groups -OCH3 is 1. The molecule has 7 nitrogen and oxygen atoms in total. The lowest BCUT2D eigenvalue weighted by Crippen LogP contribution is -1.88. The van der Waals surface area contributed by atoms with Crippen LogP contribution in [-0.2, 0) is 0 Å². The number of furan rings is 3. The second kappa shape index (κ2) is 7.62. The fraction of sp³-hybridized carbons (Fsp3) is 0.0476. The number of phenolic OH excluding ortho intramolecular Hbond substituents is 1. The minimum absolute atomic E-state index is 0.0773. The van der Waals surface area contributed by atoms with Crippen molar-refractivity contribution in [3.8, 4) is 40.4 Å². The molecular formula is C21H13ClN2O5. The number of phenols is 1. The number of nitrogens with zero attached hydrogens (tertiary/aromatic N) is 2. The third kappa shape index (κ3) is 3.37. The van der Waals surface area contributed by atoms with E-state index in [1.807, 2.05) is 0 Å². The molecule has 0 atom stereocenters. The number of ether oxygens (including phenoxy) is 1. The molecule has 1 N–H and O–H groups in total. The maximum absolute atomic E-state index is 9.86. The molecule has 0 bridgehead atoms. The summed E-state index contributed by atoms with van der Waals surface area (Å²) in [7, 11) is 1.41. The van der Waals surface area contributed by atoms with Crippen LogP contribution in [0.2, 0.25) is 5.02 Å². The van der Waals surface area contributed by atoms with E-state index in [4.69, 9.17) is 29.6 Å². The van der Waals surface area contributed by atoms with E-state index in [1.54, 1.807) is 30.3 Å². The van der Waals surface area contributed by atoms with Crippen LogP contribution < -0.4 is 4.74 Å². The van der Waals surface area contributed by atoms with Crippen LogP contribution in [-0.4, -0.2) is 18.4 Å². The molecule has 0 fully saturated rings. The lowest BCUT2D eigenvalue weighted by Gasteiger charge is -2.05. The van der Waals surface area contributed by atoms with E-state index in [-0.39, 0.29) is 28.0 Å². The minimum atomic E-state index is -0.165. The van der Waals surface area contributed by atoms with Crippen molar-refractivity contribution in [2.75, 3.05) is 7.11 Å². The molecule has 0 radical (unpaired) electrons. The van der Waals surface area contributed by atoms with Gasteiger partial charge in [-0.25, -0.2) is 4.99 Å². The average Bonchev–Trinajstić information content (AvgIpc) is 3.47. The van der Waals surface area contributed by atoms with Gasteiger partial charge in [-0.3, -0.25) is 0 Å². The minimum Gasteiger partial charge on any atom is -0.503 e. The lowest BCUT2D eigenvalue weighted by atomic mass is 10.1. The van der Waals surface area contributed by atoms with Crippen molar-refractivity contribution in [3.05, 3.63) is 65.1 Å². The number of halogens is 1. The fourth-order valence-electron chi connectivity index (χ4n) is 2.81. The van der Waals surface area contributed by atoms with Crippen molar-refractivity contribution in [2.24, 2.45) is 4.99 Å². The highest BCUT2D eigenvalue weighted by molar-refractivity contribution is 6.32. The molecule has 3 heterocycles. The van der Waals surface area contributed by atoms with E-state index in [0.29, 0.717) is 28.4 Å². The maximum Gasteiger partial charge on any atom is 0.238 e. The Bertz CT molecular complexity index is 1220. The Morgan fingerprint density at radius 2 is 1.90 bits per heavy atom. The number of hydrogen-bond acceptors (Lipinski definition) is 7. The van der Waals surface area contributed by atoms with E-state index in [0.717, 1.165) is 0 Å². The first-order valence-electron chi connectivity index (χ1n) is 8.37. The molecule has 8 heteroatoms. The molecule has 0 saturated heterocycles. The predicted octanol–water partition coefficient (Wildman–Crippen LogP) is 5.79. The van der Waals surface area contributed by atoms with Gasteiger partial charge in [0, 0.05) is 6.21 Å². The van der Waals surface area contributed by atoms with Gasteiger partial charge in [-0.15, -0.1) is 0 Å². The van der Waals surface area contributed by atoms with Gasteiger partial charge < -0.3 is 23.1 Å². The maximum atomic E-state index is 9.86. The topological polar surface area (TPSA) is 105 Å². The summed E-state index contributed by atoms with van der Waals surface area (Å²) in [6, 6.07) is 12.0. The van der Waals surface area contributed by atoms with Crippen LogP contribution in [0.3, 0.4) is 0 Å². The van der Waals surface area contributed by atoms with Crippen molar-refractivity contribution in [1.29, 1.82) is 5.26 Å². The summed E-state index contributed by atoms with van der Waals surface area (Å²) in [6.45, 7) is 0. The SMILES string of the molecule is COc1cc(C=Nc2oc(-c3ccco3)c(-c3ccco3)c2C#N)cc(Cl)c1O. The highest BCUT2D eigenvalue weighted by Gasteiger charge is 2.26. The van der Waals surface area contributed by atoms with Crippen molar-refractivity contribution in [3.63, 3.8) is 0 Å². The van der Waals surface area contributed by atoms with Crippen molar-refractivity contribution >= 4 is 23.7 Å². The second-order valence-electron chi connectivity index (χ2n) is 5.86. The van der Waals surface area contributed by atoms with Gasteiger partial charge in [-0.05, 0) is 42.0 Å². The van der Waals surface area contributed by atoms with E-state index in [9.17, 15) is 10.4 Å². The van der Waals surface area contributed by atoms with E-state index in [1.165, 1.54) is 31.9 Å². The van der Waals surface area contributed by atoms with E-state index < -0.39 is 0 Å². The molecule has 3 aromatic heterocycles. The molecule has 144 valence electrons. The quantitative estimate of drug-likeness (QED) is 0.419. The molecule has 0 amide bonds. The van der Waals surface area contributed by atoms with E-state index >= 15 is 0 Å². The Morgan fingerprint density at radius 3 is 2.52 bits per heavy atom. The Morgan fingerprint density at radius 1 is 1.17 bits per heavy atom. The summed E-state index contributed by atoms with van der Waals surface area (Å²) < 4.78 is 21.8. The predicted molar refractivity (Wildman–Crippen MR) is 106 cm³/mol. The molecule has 4 rings (SSSR count). The second-order valence-corrected chi connectivity index (χ2v) is 6.27. The van der Waals surface area contributed by atoms with Crippen LogP contribution in [0.25, 0.3) is 22.8 Å². The Balaban J connectivity index is 1.83. The summed E-state index contributed by atoms with van der Waals surface area (Å²) in [6.07, 6.45) is 4.46. The summed E-state index contributed by atoms with van der Waals surface area (Å²) in [5, 5.41) is 19.7. The van der Waals surface area contributed by atoms with Crippen molar-refractivity contribution in [1.82, 2.24) is 0 Å². The molecular weight excluding hydrogens is 396 g/mol. The zero-order valence-corrected chi connectivity index (χ0v) is 15.8. The summed E-state index contributed by atoms with van der Waals surface area (Å²) in [5.41, 5.74) is 1.18. The first kappa shape index (κ1) is 18.5. The van der Waals surface area contributed by atoms with Gasteiger partial charge in [0.1, 0.15) is 17.4 Å². The molecule has 0 aliphatic heterocycles. The molecule has 4 aromatic rings. The highest BCUT2D eigenvalue weighted by Crippen LogP contribution is 2.43. The first-order chi connectivity index (χ1) is 14.1. The largest absolute Gasteiger partial charge is 0.503 e. The van der Waals surface area contributed by atoms with Gasteiger partial charge in [0.25, 0.3) is 0 Å². The molecule has 0 unspecified atom stereocenters. The molecule has 0 spiro atoms. The lowest BCUT2D eigenvalue weighted by molar-refractivity contribution is 0.373. The van der Waals surface area contributed by atoms with Crippen LogP contribution in [0.15, 0.2) is 67.2 Å². The molecule has 0 aliphatic carbocycles. The van der Waals surface area contributed by atoms with Crippen LogP contribution in [0.1, 0.15) is 11.1 Å². The third-order valence-corrected chi connectivity index (χ3v) is 4.40. The summed E-state index contributed by atoms with van der Waals surface area (Å²) >= 11 is 6.01. The van der Waals surface area contributed by atoms with Gasteiger partial charge in [0.2, 0.25) is 5.88 Å².